The molecule has 0 unspecified atom stereocenters. The van der Waals surface area contributed by atoms with Gasteiger partial charge in [-0.05, 0) is 66.5 Å². The van der Waals surface area contributed by atoms with Gasteiger partial charge in [-0.1, -0.05) is 12.5 Å². The second kappa shape index (κ2) is 5.40. The standard InChI is InChI=1S/C21H20N2O3/c24-18-10-14-9-16(4-5-17(14)23-18)26-19(25)21(15-3-1-8-22-11-15)12-20(13-21)6-2-7-20/h1,3-5,8-9,11H,2,6-7,10,12-13H2,(H,23,24). The second-order valence-electron chi connectivity index (χ2n) is 7.96. The molecule has 1 amide bonds. The first-order chi connectivity index (χ1) is 12.6. The number of hydrogen-bond donors (Lipinski definition) is 1. The Hall–Kier alpha value is -2.69. The average molecular weight is 348 g/mol. The maximum absolute atomic E-state index is 13.2. The van der Waals surface area contributed by atoms with Crippen molar-refractivity contribution in [3.05, 3.63) is 53.9 Å². The molecule has 26 heavy (non-hydrogen) atoms. The van der Waals surface area contributed by atoms with E-state index in [0.29, 0.717) is 17.6 Å². The summed E-state index contributed by atoms with van der Waals surface area (Å²) in [5, 5.41) is 2.79. The zero-order valence-electron chi connectivity index (χ0n) is 14.5. The van der Waals surface area contributed by atoms with Crippen molar-refractivity contribution in [2.24, 2.45) is 5.41 Å². The van der Waals surface area contributed by atoms with Gasteiger partial charge in [-0.3, -0.25) is 14.6 Å². The zero-order valence-corrected chi connectivity index (χ0v) is 14.5. The first kappa shape index (κ1) is 15.6. The lowest BCUT2D eigenvalue weighted by molar-refractivity contribution is -0.157. The summed E-state index contributed by atoms with van der Waals surface area (Å²) in [6.45, 7) is 0. The Bertz CT molecular complexity index is 895. The summed E-state index contributed by atoms with van der Waals surface area (Å²) in [6, 6.07) is 9.19. The molecular formula is C21H20N2O3. The molecule has 0 radical (unpaired) electrons. The molecule has 1 aromatic carbocycles. The van der Waals surface area contributed by atoms with Crippen LogP contribution in [0.15, 0.2) is 42.7 Å². The second-order valence-corrected chi connectivity index (χ2v) is 7.96. The summed E-state index contributed by atoms with van der Waals surface area (Å²) in [6.07, 6.45) is 9.19. The molecule has 1 spiro atoms. The molecule has 2 fully saturated rings. The van der Waals surface area contributed by atoms with Crippen molar-refractivity contribution in [3.63, 3.8) is 0 Å². The van der Waals surface area contributed by atoms with E-state index in [9.17, 15) is 9.59 Å². The fraction of sp³-hybridized carbons (Fsp3) is 0.381. The number of ether oxygens (including phenoxy) is 1. The van der Waals surface area contributed by atoms with Gasteiger partial charge in [0.2, 0.25) is 5.91 Å². The number of anilines is 1. The number of amides is 1. The van der Waals surface area contributed by atoms with Gasteiger partial charge in [0.25, 0.3) is 0 Å². The minimum atomic E-state index is -0.595. The van der Waals surface area contributed by atoms with Crippen LogP contribution < -0.4 is 10.1 Å². The zero-order chi connectivity index (χ0) is 17.8. The molecule has 132 valence electrons. The van der Waals surface area contributed by atoms with Gasteiger partial charge >= 0.3 is 5.97 Å². The predicted octanol–water partition coefficient (Wildman–Crippen LogP) is 3.38. The van der Waals surface area contributed by atoms with E-state index in [4.69, 9.17) is 4.74 Å². The maximum atomic E-state index is 13.2. The summed E-state index contributed by atoms with van der Waals surface area (Å²) < 4.78 is 5.79. The number of hydrogen-bond acceptors (Lipinski definition) is 4. The number of esters is 1. The van der Waals surface area contributed by atoms with Crippen LogP contribution in [-0.4, -0.2) is 16.9 Å². The number of carbonyl (C=O) groups is 2. The fourth-order valence-electron chi connectivity index (χ4n) is 4.84. The molecule has 2 aliphatic carbocycles. The molecule has 0 bridgehead atoms. The van der Waals surface area contributed by atoms with Gasteiger partial charge in [-0.25, -0.2) is 0 Å². The van der Waals surface area contributed by atoms with E-state index in [2.05, 4.69) is 10.3 Å². The highest BCUT2D eigenvalue weighted by atomic mass is 16.5. The number of pyridine rings is 1. The van der Waals surface area contributed by atoms with Gasteiger partial charge in [-0.2, -0.15) is 0 Å². The van der Waals surface area contributed by atoms with Crippen LogP contribution in [0.5, 0.6) is 5.75 Å². The van der Waals surface area contributed by atoms with Crippen molar-refractivity contribution in [2.75, 3.05) is 5.32 Å². The minimum absolute atomic E-state index is 0.0266. The minimum Gasteiger partial charge on any atom is -0.426 e. The highest BCUT2D eigenvalue weighted by Gasteiger charge is 2.62. The van der Waals surface area contributed by atoms with E-state index < -0.39 is 5.41 Å². The largest absolute Gasteiger partial charge is 0.426 e. The first-order valence-electron chi connectivity index (χ1n) is 9.14. The predicted molar refractivity (Wildman–Crippen MR) is 95.8 cm³/mol. The van der Waals surface area contributed by atoms with Crippen LogP contribution in [0.25, 0.3) is 0 Å². The van der Waals surface area contributed by atoms with Gasteiger partial charge in [0, 0.05) is 18.1 Å². The number of nitrogens with zero attached hydrogens (tertiary/aromatic N) is 1. The van der Waals surface area contributed by atoms with Crippen molar-refractivity contribution >= 4 is 17.6 Å². The molecule has 5 nitrogen and oxygen atoms in total. The Kier molecular flexibility index (Phi) is 3.23. The molecule has 3 aliphatic rings. The number of fused-ring (bicyclic) bond motifs is 1. The number of benzene rings is 1. The Morgan fingerprint density at radius 3 is 2.73 bits per heavy atom. The Balaban J connectivity index is 1.42. The fourth-order valence-corrected chi connectivity index (χ4v) is 4.84. The van der Waals surface area contributed by atoms with Crippen LogP contribution in [0, 0.1) is 5.41 Å². The van der Waals surface area contributed by atoms with Crippen molar-refractivity contribution in [1.29, 1.82) is 0 Å². The molecule has 2 saturated carbocycles. The van der Waals surface area contributed by atoms with Crippen LogP contribution >= 0.6 is 0 Å². The van der Waals surface area contributed by atoms with Gasteiger partial charge in [-0.15, -0.1) is 0 Å². The van der Waals surface area contributed by atoms with Gasteiger partial charge in [0.1, 0.15) is 5.75 Å². The molecule has 5 heteroatoms. The van der Waals surface area contributed by atoms with Crippen LogP contribution in [0.4, 0.5) is 5.69 Å². The number of carbonyl (C=O) groups excluding carboxylic acids is 2. The number of aromatic nitrogens is 1. The molecule has 1 aromatic heterocycles. The lowest BCUT2D eigenvalue weighted by Gasteiger charge is -2.59. The SMILES string of the molecule is O=C1Cc2cc(OC(=O)C3(c4cccnc4)CC4(CCC4)C3)ccc2N1. The summed E-state index contributed by atoms with van der Waals surface area (Å²) in [7, 11) is 0. The summed E-state index contributed by atoms with van der Waals surface area (Å²) in [5.74, 6) is 0.268. The van der Waals surface area contributed by atoms with Crippen LogP contribution in [-0.2, 0) is 21.4 Å². The Morgan fingerprint density at radius 1 is 1.19 bits per heavy atom. The topological polar surface area (TPSA) is 68.3 Å². The number of nitrogens with one attached hydrogen (secondary N) is 1. The van der Waals surface area contributed by atoms with Crippen molar-refractivity contribution < 1.29 is 14.3 Å². The molecule has 0 atom stereocenters. The third kappa shape index (κ3) is 2.26. The van der Waals surface area contributed by atoms with Crippen LogP contribution in [0.2, 0.25) is 0 Å². The quantitative estimate of drug-likeness (QED) is 0.682. The van der Waals surface area contributed by atoms with Crippen LogP contribution in [0.1, 0.15) is 43.2 Å². The lowest BCUT2D eigenvalue weighted by atomic mass is 9.44. The van der Waals surface area contributed by atoms with E-state index in [-0.39, 0.29) is 11.9 Å². The number of rotatable bonds is 3. The molecule has 1 aliphatic heterocycles. The van der Waals surface area contributed by atoms with Crippen LogP contribution in [0.3, 0.4) is 0 Å². The van der Waals surface area contributed by atoms with Crippen molar-refractivity contribution in [3.8, 4) is 5.75 Å². The van der Waals surface area contributed by atoms with E-state index in [1.54, 1.807) is 30.6 Å². The third-order valence-corrected chi connectivity index (χ3v) is 6.28. The molecule has 5 rings (SSSR count). The highest BCUT2D eigenvalue weighted by molar-refractivity contribution is 5.99. The van der Waals surface area contributed by atoms with Crippen molar-refractivity contribution in [1.82, 2.24) is 4.98 Å². The summed E-state index contributed by atoms with van der Waals surface area (Å²) >= 11 is 0. The maximum Gasteiger partial charge on any atom is 0.322 e. The lowest BCUT2D eigenvalue weighted by Crippen LogP contribution is -2.58. The van der Waals surface area contributed by atoms with Gasteiger partial charge < -0.3 is 10.1 Å². The summed E-state index contributed by atoms with van der Waals surface area (Å²) in [5.41, 5.74) is 2.35. The molecule has 2 heterocycles. The average Bonchev–Trinajstić information content (AvgIpc) is 2.93. The van der Waals surface area contributed by atoms with E-state index in [0.717, 1.165) is 29.7 Å². The Morgan fingerprint density at radius 2 is 2.04 bits per heavy atom. The van der Waals surface area contributed by atoms with Crippen molar-refractivity contribution in [2.45, 2.75) is 43.9 Å². The highest BCUT2D eigenvalue weighted by Crippen LogP contribution is 2.65. The smallest absolute Gasteiger partial charge is 0.322 e. The monoisotopic (exact) mass is 348 g/mol. The van der Waals surface area contributed by atoms with E-state index in [1.165, 1.54) is 19.3 Å². The molecule has 0 saturated heterocycles. The van der Waals surface area contributed by atoms with E-state index in [1.807, 2.05) is 12.1 Å². The van der Waals surface area contributed by atoms with Gasteiger partial charge in [0.05, 0.1) is 11.8 Å². The normalized spacial score (nSPS) is 21.3. The van der Waals surface area contributed by atoms with Gasteiger partial charge in [0.15, 0.2) is 0 Å². The molecule has 1 N–H and O–H groups in total. The molecule has 2 aromatic rings. The summed E-state index contributed by atoms with van der Waals surface area (Å²) in [4.78, 5) is 28.9. The molecular weight excluding hydrogens is 328 g/mol. The first-order valence-corrected chi connectivity index (χ1v) is 9.14. The third-order valence-electron chi connectivity index (χ3n) is 6.28. The van der Waals surface area contributed by atoms with E-state index >= 15 is 0 Å². The Labute approximate surface area is 151 Å².